The molecule has 1 saturated heterocycles. The van der Waals surface area contributed by atoms with Gasteiger partial charge in [0.25, 0.3) is 0 Å². The van der Waals surface area contributed by atoms with Gasteiger partial charge in [0.1, 0.15) is 0 Å². The molecule has 1 aromatic rings. The number of anilines is 2. The third kappa shape index (κ3) is 3.46. The van der Waals surface area contributed by atoms with Crippen LogP contribution in [-0.4, -0.2) is 49.3 Å². The molecule has 0 aliphatic carbocycles. The summed E-state index contributed by atoms with van der Waals surface area (Å²) in [5.74, 6) is 0. The van der Waals surface area contributed by atoms with Gasteiger partial charge in [-0.25, -0.2) is 4.98 Å². The lowest BCUT2D eigenvalue weighted by atomic mass is 10.3. The van der Waals surface area contributed by atoms with Gasteiger partial charge in [0, 0.05) is 32.4 Å². The highest BCUT2D eigenvalue weighted by Gasteiger charge is 2.10. The van der Waals surface area contributed by atoms with Gasteiger partial charge in [-0.2, -0.15) is 0 Å². The fourth-order valence-electron chi connectivity index (χ4n) is 1.78. The predicted octanol–water partition coefficient (Wildman–Crippen LogP) is 1.06. The maximum Gasteiger partial charge on any atom is 0.153 e. The molecule has 1 aromatic heterocycles. The molecule has 6 heteroatoms. The topological polar surface area (TPSA) is 63.4 Å². The lowest BCUT2D eigenvalue weighted by Crippen LogP contribution is -2.39. The Hall–Kier alpha value is -1.04. The maximum atomic E-state index is 5.84. The number of hydrogen-bond donors (Lipinski definition) is 2. The number of pyridine rings is 1. The van der Waals surface area contributed by atoms with E-state index in [1.165, 1.54) is 0 Å². The van der Waals surface area contributed by atoms with Gasteiger partial charge in [0.05, 0.1) is 24.6 Å². The molecule has 0 bridgehead atoms. The van der Waals surface area contributed by atoms with Gasteiger partial charge in [-0.1, -0.05) is 11.6 Å². The normalized spacial score (nSPS) is 17.0. The minimum Gasteiger partial charge on any atom is -0.395 e. The van der Waals surface area contributed by atoms with Crippen LogP contribution in [0.1, 0.15) is 0 Å². The molecule has 0 saturated carbocycles. The molecule has 0 radical (unpaired) electrons. The van der Waals surface area contributed by atoms with E-state index in [0.29, 0.717) is 10.8 Å². The number of nitrogens with two attached hydrogens (primary N) is 1. The van der Waals surface area contributed by atoms with E-state index in [0.717, 1.165) is 45.1 Å². The fourth-order valence-corrected chi connectivity index (χ4v) is 1.93. The van der Waals surface area contributed by atoms with E-state index in [1.807, 2.05) is 6.07 Å². The minimum absolute atomic E-state index is 0.348. The average molecular weight is 257 g/mol. The summed E-state index contributed by atoms with van der Waals surface area (Å²) in [5.41, 5.74) is 7.17. The van der Waals surface area contributed by atoms with Crippen molar-refractivity contribution in [2.45, 2.75) is 0 Å². The molecule has 1 aliphatic heterocycles. The average Bonchev–Trinajstić information content (AvgIpc) is 2.36. The number of rotatable bonds is 4. The number of nitrogens with zero attached hydrogens (tertiary/aromatic N) is 2. The van der Waals surface area contributed by atoms with Gasteiger partial charge in [-0.05, 0) is 6.07 Å². The smallest absolute Gasteiger partial charge is 0.153 e. The highest BCUT2D eigenvalue weighted by Crippen LogP contribution is 2.23. The standard InChI is InChI=1S/C11H17ClN4O/c12-11-10(13)9(1-2-15-11)14-3-4-16-5-7-17-8-6-16/h1-2H,3-8,13H2,(H,14,15). The zero-order chi connectivity index (χ0) is 12.1. The summed E-state index contributed by atoms with van der Waals surface area (Å²) < 4.78 is 5.29. The van der Waals surface area contributed by atoms with Gasteiger partial charge >= 0.3 is 0 Å². The van der Waals surface area contributed by atoms with Gasteiger partial charge in [0.2, 0.25) is 0 Å². The van der Waals surface area contributed by atoms with Crippen LogP contribution >= 0.6 is 11.6 Å². The molecule has 1 fully saturated rings. The Kier molecular flexibility index (Phi) is 4.42. The fraction of sp³-hybridized carbons (Fsp3) is 0.545. The minimum atomic E-state index is 0.348. The number of hydrogen-bond acceptors (Lipinski definition) is 5. The molecule has 5 nitrogen and oxygen atoms in total. The lowest BCUT2D eigenvalue weighted by molar-refractivity contribution is 0.0398. The number of nitrogens with one attached hydrogen (secondary N) is 1. The number of morpholine rings is 1. The van der Waals surface area contributed by atoms with E-state index in [4.69, 9.17) is 22.1 Å². The van der Waals surface area contributed by atoms with Crippen LogP contribution in [0.2, 0.25) is 5.15 Å². The van der Waals surface area contributed by atoms with Crippen LogP contribution in [0.15, 0.2) is 12.3 Å². The van der Waals surface area contributed by atoms with E-state index < -0.39 is 0 Å². The SMILES string of the molecule is Nc1c(NCCN2CCOCC2)ccnc1Cl. The van der Waals surface area contributed by atoms with Crippen molar-refractivity contribution >= 4 is 23.0 Å². The summed E-state index contributed by atoms with van der Waals surface area (Å²) >= 11 is 5.84. The van der Waals surface area contributed by atoms with Crippen molar-refractivity contribution in [1.29, 1.82) is 0 Å². The van der Waals surface area contributed by atoms with Gasteiger partial charge in [0.15, 0.2) is 5.15 Å². The summed E-state index contributed by atoms with van der Waals surface area (Å²) in [5, 5.41) is 3.62. The maximum absolute atomic E-state index is 5.84. The summed E-state index contributed by atoms with van der Waals surface area (Å²) in [6, 6.07) is 1.83. The third-order valence-electron chi connectivity index (χ3n) is 2.79. The second-order valence-corrected chi connectivity index (χ2v) is 4.30. The highest BCUT2D eigenvalue weighted by atomic mass is 35.5. The molecule has 2 heterocycles. The summed E-state index contributed by atoms with van der Waals surface area (Å²) in [6.07, 6.45) is 1.65. The van der Waals surface area contributed by atoms with Crippen LogP contribution in [0, 0.1) is 0 Å². The molecule has 3 N–H and O–H groups in total. The van der Waals surface area contributed by atoms with Crippen molar-refractivity contribution in [3.63, 3.8) is 0 Å². The molecular weight excluding hydrogens is 240 g/mol. The summed E-state index contributed by atoms with van der Waals surface area (Å²) in [6.45, 7) is 5.45. The van der Waals surface area contributed by atoms with Crippen LogP contribution in [0.4, 0.5) is 11.4 Å². The molecule has 0 unspecified atom stereocenters. The zero-order valence-corrected chi connectivity index (χ0v) is 10.4. The molecule has 2 rings (SSSR count). The lowest BCUT2D eigenvalue weighted by Gasteiger charge is -2.26. The van der Waals surface area contributed by atoms with E-state index in [-0.39, 0.29) is 0 Å². The first-order chi connectivity index (χ1) is 8.27. The molecule has 0 atom stereocenters. The molecule has 17 heavy (non-hydrogen) atoms. The van der Waals surface area contributed by atoms with Gasteiger partial charge in [-0.15, -0.1) is 0 Å². The first-order valence-electron chi connectivity index (χ1n) is 5.71. The second kappa shape index (κ2) is 6.05. The molecule has 94 valence electrons. The molecule has 0 amide bonds. The Balaban J connectivity index is 1.79. The first kappa shape index (κ1) is 12.4. The van der Waals surface area contributed by atoms with Crippen LogP contribution in [-0.2, 0) is 4.74 Å². The molecular formula is C11H17ClN4O. The summed E-state index contributed by atoms with van der Waals surface area (Å²) in [4.78, 5) is 6.27. The molecule has 0 aromatic carbocycles. The second-order valence-electron chi connectivity index (χ2n) is 3.94. The monoisotopic (exact) mass is 256 g/mol. The van der Waals surface area contributed by atoms with Gasteiger partial charge < -0.3 is 15.8 Å². The van der Waals surface area contributed by atoms with E-state index in [1.54, 1.807) is 6.20 Å². The van der Waals surface area contributed by atoms with Crippen molar-refractivity contribution in [3.05, 3.63) is 17.4 Å². The Morgan fingerprint density at radius 2 is 2.24 bits per heavy atom. The van der Waals surface area contributed by atoms with Crippen LogP contribution in [0.3, 0.4) is 0 Å². The summed E-state index contributed by atoms with van der Waals surface area (Å²) in [7, 11) is 0. The van der Waals surface area contributed by atoms with Crippen molar-refractivity contribution in [1.82, 2.24) is 9.88 Å². The van der Waals surface area contributed by atoms with E-state index >= 15 is 0 Å². The van der Waals surface area contributed by atoms with Crippen molar-refractivity contribution < 1.29 is 4.74 Å². The van der Waals surface area contributed by atoms with Gasteiger partial charge in [-0.3, -0.25) is 4.90 Å². The van der Waals surface area contributed by atoms with Crippen LogP contribution in [0.25, 0.3) is 0 Å². The molecule has 0 spiro atoms. The number of halogens is 1. The highest BCUT2D eigenvalue weighted by molar-refractivity contribution is 6.32. The largest absolute Gasteiger partial charge is 0.395 e. The Morgan fingerprint density at radius 1 is 1.47 bits per heavy atom. The van der Waals surface area contributed by atoms with E-state index in [2.05, 4.69) is 15.2 Å². The number of aromatic nitrogens is 1. The Morgan fingerprint density at radius 3 is 3.00 bits per heavy atom. The first-order valence-corrected chi connectivity index (χ1v) is 6.09. The number of nitrogen functional groups attached to an aromatic ring is 1. The van der Waals surface area contributed by atoms with Crippen molar-refractivity contribution in [2.24, 2.45) is 0 Å². The number of ether oxygens (including phenoxy) is 1. The van der Waals surface area contributed by atoms with Crippen molar-refractivity contribution in [2.75, 3.05) is 50.4 Å². The van der Waals surface area contributed by atoms with Crippen LogP contribution in [0.5, 0.6) is 0 Å². The Labute approximate surface area is 106 Å². The van der Waals surface area contributed by atoms with E-state index in [9.17, 15) is 0 Å². The Bertz CT molecular complexity index is 368. The third-order valence-corrected chi connectivity index (χ3v) is 3.09. The zero-order valence-electron chi connectivity index (χ0n) is 9.66. The predicted molar refractivity (Wildman–Crippen MR) is 69.4 cm³/mol. The molecule has 1 aliphatic rings. The van der Waals surface area contributed by atoms with Crippen LogP contribution < -0.4 is 11.1 Å². The quantitative estimate of drug-likeness (QED) is 0.789. The van der Waals surface area contributed by atoms with Crippen molar-refractivity contribution in [3.8, 4) is 0 Å².